The van der Waals surface area contributed by atoms with E-state index in [2.05, 4.69) is 4.99 Å². The summed E-state index contributed by atoms with van der Waals surface area (Å²) in [5, 5.41) is 0. The molecule has 2 rings (SSSR count). The topological polar surface area (TPSA) is 29.4 Å². The second-order valence-corrected chi connectivity index (χ2v) is 3.26. The standard InChI is InChI=1S/C13H11NO/c15-12-7-3-1-5-11-6-2-4-8-13(11)14-10-9-12/h1-8,10H,9H2. The Bertz CT molecular complexity index is 455. The molecule has 1 aromatic rings. The van der Waals surface area contributed by atoms with Gasteiger partial charge in [0.25, 0.3) is 0 Å². The van der Waals surface area contributed by atoms with Crippen molar-refractivity contribution in [3.8, 4) is 0 Å². The van der Waals surface area contributed by atoms with E-state index in [9.17, 15) is 4.79 Å². The molecule has 0 aliphatic carbocycles. The average Bonchev–Trinajstić information content (AvgIpc) is 2.26. The molecule has 1 aliphatic rings. The highest BCUT2D eigenvalue weighted by Gasteiger charge is 1.97. The summed E-state index contributed by atoms with van der Waals surface area (Å²) < 4.78 is 0. The van der Waals surface area contributed by atoms with Gasteiger partial charge in [-0.15, -0.1) is 0 Å². The first-order chi connectivity index (χ1) is 7.36. The molecule has 0 bridgehead atoms. The molecule has 74 valence electrons. The van der Waals surface area contributed by atoms with Gasteiger partial charge in [-0.2, -0.15) is 0 Å². The molecule has 0 aromatic heterocycles. The van der Waals surface area contributed by atoms with Crippen LogP contribution >= 0.6 is 0 Å². The predicted molar refractivity (Wildman–Crippen MR) is 62.4 cm³/mol. The number of ketones is 1. The number of hydrogen-bond acceptors (Lipinski definition) is 2. The number of rotatable bonds is 0. The molecule has 0 saturated heterocycles. The van der Waals surface area contributed by atoms with Gasteiger partial charge in [0.1, 0.15) is 0 Å². The van der Waals surface area contributed by atoms with E-state index < -0.39 is 0 Å². The summed E-state index contributed by atoms with van der Waals surface area (Å²) >= 11 is 0. The van der Waals surface area contributed by atoms with Crippen LogP contribution in [-0.4, -0.2) is 12.0 Å². The largest absolute Gasteiger partial charge is 0.294 e. The zero-order chi connectivity index (χ0) is 10.5. The van der Waals surface area contributed by atoms with Crippen LogP contribution in [0.5, 0.6) is 0 Å². The first kappa shape index (κ1) is 9.59. The van der Waals surface area contributed by atoms with E-state index in [-0.39, 0.29) is 5.78 Å². The fourth-order valence-electron chi connectivity index (χ4n) is 1.37. The Morgan fingerprint density at radius 1 is 1.07 bits per heavy atom. The van der Waals surface area contributed by atoms with Gasteiger partial charge in [0, 0.05) is 18.2 Å². The van der Waals surface area contributed by atoms with Crippen molar-refractivity contribution in [2.45, 2.75) is 6.42 Å². The number of para-hydroxylation sites is 1. The summed E-state index contributed by atoms with van der Waals surface area (Å²) in [6.07, 6.45) is 9.15. The van der Waals surface area contributed by atoms with Gasteiger partial charge < -0.3 is 0 Å². The van der Waals surface area contributed by atoms with Gasteiger partial charge in [0.15, 0.2) is 5.78 Å². The first-order valence-electron chi connectivity index (χ1n) is 4.85. The molecule has 0 radical (unpaired) electrons. The molecule has 15 heavy (non-hydrogen) atoms. The maximum atomic E-state index is 11.2. The van der Waals surface area contributed by atoms with Crippen LogP contribution in [0.2, 0.25) is 0 Å². The number of benzene rings is 1. The fraction of sp³-hybridized carbons (Fsp3) is 0.0769. The van der Waals surface area contributed by atoms with Crippen LogP contribution in [0.1, 0.15) is 12.0 Å². The number of allylic oxidation sites excluding steroid dienone is 3. The van der Waals surface area contributed by atoms with Crippen molar-refractivity contribution in [2.75, 3.05) is 0 Å². The van der Waals surface area contributed by atoms with Gasteiger partial charge in [-0.1, -0.05) is 36.4 Å². The van der Waals surface area contributed by atoms with Crippen molar-refractivity contribution in [3.63, 3.8) is 0 Å². The second-order valence-electron chi connectivity index (χ2n) is 3.26. The lowest BCUT2D eigenvalue weighted by Crippen LogP contribution is -1.92. The summed E-state index contributed by atoms with van der Waals surface area (Å²) in [6.45, 7) is 0. The summed E-state index contributed by atoms with van der Waals surface area (Å²) in [5.41, 5.74) is 1.96. The van der Waals surface area contributed by atoms with Crippen molar-refractivity contribution in [1.82, 2.24) is 0 Å². The smallest absolute Gasteiger partial charge is 0.161 e. The molecule has 0 unspecified atom stereocenters. The Balaban J connectivity index is 2.42. The maximum absolute atomic E-state index is 11.2. The molecule has 1 aromatic carbocycles. The lowest BCUT2D eigenvalue weighted by molar-refractivity contribution is -0.113. The van der Waals surface area contributed by atoms with E-state index in [0.29, 0.717) is 6.42 Å². The van der Waals surface area contributed by atoms with E-state index in [1.807, 2.05) is 36.4 Å². The van der Waals surface area contributed by atoms with Crippen molar-refractivity contribution in [1.29, 1.82) is 0 Å². The molecule has 0 atom stereocenters. The van der Waals surface area contributed by atoms with Gasteiger partial charge in [-0.3, -0.25) is 9.79 Å². The molecule has 2 nitrogen and oxygen atoms in total. The Kier molecular flexibility index (Phi) is 2.88. The van der Waals surface area contributed by atoms with Crippen LogP contribution in [0.15, 0.2) is 47.5 Å². The van der Waals surface area contributed by atoms with Gasteiger partial charge in [0.2, 0.25) is 0 Å². The Hall–Kier alpha value is -1.96. The van der Waals surface area contributed by atoms with Gasteiger partial charge >= 0.3 is 0 Å². The Morgan fingerprint density at radius 2 is 1.87 bits per heavy atom. The molecule has 0 N–H and O–H groups in total. The van der Waals surface area contributed by atoms with Crippen LogP contribution in [0, 0.1) is 0 Å². The molecule has 0 amide bonds. The molecule has 1 heterocycles. The number of aliphatic imine (C=N–C) groups is 1. The summed E-state index contributed by atoms with van der Waals surface area (Å²) in [7, 11) is 0. The van der Waals surface area contributed by atoms with E-state index in [4.69, 9.17) is 0 Å². The lowest BCUT2D eigenvalue weighted by atomic mass is 10.1. The molecule has 2 heteroatoms. The first-order valence-corrected chi connectivity index (χ1v) is 4.85. The predicted octanol–water partition coefficient (Wildman–Crippen LogP) is 2.93. The number of carbonyl (C=O) groups is 1. The van der Waals surface area contributed by atoms with Crippen molar-refractivity contribution in [3.05, 3.63) is 48.1 Å². The molecule has 0 spiro atoms. The lowest BCUT2D eigenvalue weighted by Gasteiger charge is -1.99. The molecule has 1 aliphatic heterocycles. The average molecular weight is 197 g/mol. The van der Waals surface area contributed by atoms with Crippen LogP contribution in [-0.2, 0) is 4.79 Å². The maximum Gasteiger partial charge on any atom is 0.161 e. The highest BCUT2D eigenvalue weighted by Crippen LogP contribution is 2.20. The summed E-state index contributed by atoms with van der Waals surface area (Å²) in [5.74, 6) is 0.0720. The number of carbonyl (C=O) groups excluding carboxylic acids is 1. The third kappa shape index (κ3) is 2.50. The zero-order valence-corrected chi connectivity index (χ0v) is 8.26. The number of hydrogen-bond donors (Lipinski definition) is 0. The van der Waals surface area contributed by atoms with Crippen molar-refractivity contribution < 1.29 is 4.79 Å². The van der Waals surface area contributed by atoms with Gasteiger partial charge in [0.05, 0.1) is 5.69 Å². The van der Waals surface area contributed by atoms with E-state index in [1.54, 1.807) is 18.4 Å². The number of nitrogens with zero attached hydrogens (tertiary/aromatic N) is 1. The van der Waals surface area contributed by atoms with Crippen molar-refractivity contribution in [2.24, 2.45) is 4.99 Å². The quantitative estimate of drug-likeness (QED) is 0.628. The molecular formula is C13H11NO. The third-order valence-electron chi connectivity index (χ3n) is 2.13. The summed E-state index contributed by atoms with van der Waals surface area (Å²) in [4.78, 5) is 15.5. The highest BCUT2D eigenvalue weighted by molar-refractivity contribution is 5.99. The van der Waals surface area contributed by atoms with Gasteiger partial charge in [-0.25, -0.2) is 0 Å². The fourth-order valence-corrected chi connectivity index (χ4v) is 1.37. The van der Waals surface area contributed by atoms with Crippen LogP contribution in [0.25, 0.3) is 6.08 Å². The monoisotopic (exact) mass is 197 g/mol. The Labute approximate surface area is 88.7 Å². The highest BCUT2D eigenvalue weighted by atomic mass is 16.1. The van der Waals surface area contributed by atoms with E-state index in [0.717, 1.165) is 11.3 Å². The molecule has 0 saturated carbocycles. The van der Waals surface area contributed by atoms with Gasteiger partial charge in [-0.05, 0) is 12.1 Å². The second kappa shape index (κ2) is 4.51. The SMILES string of the molecule is O=C1C=CC=Cc2ccccc2N=CC1. The minimum Gasteiger partial charge on any atom is -0.294 e. The number of fused-ring (bicyclic) bond motifs is 1. The Morgan fingerprint density at radius 3 is 2.80 bits per heavy atom. The van der Waals surface area contributed by atoms with E-state index in [1.165, 1.54) is 0 Å². The summed E-state index contributed by atoms with van der Waals surface area (Å²) in [6, 6.07) is 7.85. The minimum absolute atomic E-state index is 0.0720. The molecule has 0 fully saturated rings. The zero-order valence-electron chi connectivity index (χ0n) is 8.26. The molecular weight excluding hydrogens is 186 g/mol. The third-order valence-corrected chi connectivity index (χ3v) is 2.13. The van der Waals surface area contributed by atoms with Crippen LogP contribution in [0.4, 0.5) is 5.69 Å². The van der Waals surface area contributed by atoms with Crippen LogP contribution < -0.4 is 0 Å². The van der Waals surface area contributed by atoms with Crippen molar-refractivity contribution >= 4 is 23.8 Å². The normalized spacial score (nSPS) is 15.1. The van der Waals surface area contributed by atoms with Crippen LogP contribution in [0.3, 0.4) is 0 Å². The van der Waals surface area contributed by atoms with E-state index >= 15 is 0 Å². The minimum atomic E-state index is 0.0720.